The molecule has 2 nitrogen and oxygen atoms in total. The number of carbonyl (C=O) groups is 1. The minimum absolute atomic E-state index is 0.309. The first kappa shape index (κ1) is 13.7. The van der Waals surface area contributed by atoms with Gasteiger partial charge in [-0.05, 0) is 37.5 Å². The summed E-state index contributed by atoms with van der Waals surface area (Å²) < 4.78 is 5.38. The van der Waals surface area contributed by atoms with Crippen molar-refractivity contribution in [3.05, 3.63) is 0 Å². The second kappa shape index (κ2) is 7.05. The normalized spacial score (nSPS) is 30.3. The van der Waals surface area contributed by atoms with Gasteiger partial charge in [-0.25, -0.2) is 0 Å². The van der Waals surface area contributed by atoms with Gasteiger partial charge < -0.3 is 4.74 Å². The molecular formula is C14H26O2. The highest BCUT2D eigenvalue weighted by atomic mass is 16.5. The highest BCUT2D eigenvalue weighted by molar-refractivity contribution is 5.81. The third-order valence-corrected chi connectivity index (χ3v) is 3.48. The Labute approximate surface area is 99.8 Å². The zero-order valence-electron chi connectivity index (χ0n) is 11.0. The Morgan fingerprint density at radius 1 is 1.12 bits per heavy atom. The van der Waals surface area contributed by atoms with Crippen LogP contribution in [0.15, 0.2) is 0 Å². The Morgan fingerprint density at radius 3 is 2.31 bits per heavy atom. The Kier molecular flexibility index (Phi) is 6.04. The van der Waals surface area contributed by atoms with E-state index < -0.39 is 0 Å². The molecule has 0 aliphatic heterocycles. The second-order valence-corrected chi connectivity index (χ2v) is 5.44. The summed E-state index contributed by atoms with van der Waals surface area (Å²) in [4.78, 5) is 12.0. The molecule has 0 N–H and O–H groups in total. The smallest absolute Gasteiger partial charge is 0.138 e. The van der Waals surface area contributed by atoms with Gasteiger partial charge in [0.15, 0.2) is 0 Å². The molecule has 0 heterocycles. The topological polar surface area (TPSA) is 26.3 Å². The molecule has 0 aromatic carbocycles. The lowest BCUT2D eigenvalue weighted by atomic mass is 9.74. The molecule has 16 heavy (non-hydrogen) atoms. The molecule has 0 bridgehead atoms. The first-order chi connectivity index (χ1) is 7.63. The number of carbonyl (C=O) groups excluding carboxylic acids is 1. The predicted molar refractivity (Wildman–Crippen MR) is 66.4 cm³/mol. The highest BCUT2D eigenvalue weighted by Gasteiger charge is 2.28. The zero-order chi connectivity index (χ0) is 12.0. The molecule has 0 spiro atoms. The molecule has 2 unspecified atom stereocenters. The van der Waals surface area contributed by atoms with Crippen LogP contribution in [-0.2, 0) is 9.53 Å². The molecule has 1 aliphatic carbocycles. The summed E-state index contributed by atoms with van der Waals surface area (Å²) >= 11 is 0. The van der Waals surface area contributed by atoms with Gasteiger partial charge >= 0.3 is 0 Å². The van der Waals surface area contributed by atoms with E-state index in [2.05, 4.69) is 20.8 Å². The fourth-order valence-electron chi connectivity index (χ4n) is 2.83. The maximum Gasteiger partial charge on any atom is 0.138 e. The SMILES string of the molecule is CCCOCCC(=O)C1CC(C)CC(C)C1. The van der Waals surface area contributed by atoms with Crippen LogP contribution in [0.5, 0.6) is 0 Å². The van der Waals surface area contributed by atoms with Crippen LogP contribution in [0.4, 0.5) is 0 Å². The maximum atomic E-state index is 12.0. The van der Waals surface area contributed by atoms with Gasteiger partial charge in [-0.15, -0.1) is 0 Å². The lowest BCUT2D eigenvalue weighted by Crippen LogP contribution is -2.26. The van der Waals surface area contributed by atoms with Gasteiger partial charge in [-0.2, -0.15) is 0 Å². The van der Waals surface area contributed by atoms with Crippen LogP contribution in [0, 0.1) is 17.8 Å². The Hall–Kier alpha value is -0.370. The van der Waals surface area contributed by atoms with E-state index in [9.17, 15) is 4.79 Å². The van der Waals surface area contributed by atoms with E-state index >= 15 is 0 Å². The van der Waals surface area contributed by atoms with Gasteiger partial charge in [-0.1, -0.05) is 20.8 Å². The number of Topliss-reactive ketones (excluding diaryl/α,β-unsaturated/α-hetero) is 1. The van der Waals surface area contributed by atoms with E-state index in [0.717, 1.165) is 25.9 Å². The van der Waals surface area contributed by atoms with E-state index in [1.54, 1.807) is 0 Å². The van der Waals surface area contributed by atoms with E-state index in [1.165, 1.54) is 6.42 Å². The first-order valence-corrected chi connectivity index (χ1v) is 6.74. The molecule has 2 atom stereocenters. The molecule has 1 rings (SSSR count). The van der Waals surface area contributed by atoms with Crippen molar-refractivity contribution in [3.8, 4) is 0 Å². The Bertz CT molecular complexity index is 203. The fraction of sp³-hybridized carbons (Fsp3) is 0.929. The molecule has 2 heteroatoms. The number of ketones is 1. The summed E-state index contributed by atoms with van der Waals surface area (Å²) in [7, 11) is 0. The molecule has 1 aliphatic rings. The minimum Gasteiger partial charge on any atom is -0.381 e. The van der Waals surface area contributed by atoms with Crippen LogP contribution in [-0.4, -0.2) is 19.0 Å². The van der Waals surface area contributed by atoms with Gasteiger partial charge in [0.25, 0.3) is 0 Å². The van der Waals surface area contributed by atoms with E-state index in [0.29, 0.717) is 36.6 Å². The maximum absolute atomic E-state index is 12.0. The van der Waals surface area contributed by atoms with Crippen LogP contribution in [0.25, 0.3) is 0 Å². The summed E-state index contributed by atoms with van der Waals surface area (Å²) in [6, 6.07) is 0. The molecule has 0 radical (unpaired) electrons. The average molecular weight is 226 g/mol. The number of rotatable bonds is 6. The van der Waals surface area contributed by atoms with Crippen LogP contribution in [0.2, 0.25) is 0 Å². The van der Waals surface area contributed by atoms with E-state index in [1.807, 2.05) is 0 Å². The molecule has 1 saturated carbocycles. The van der Waals surface area contributed by atoms with Crippen molar-refractivity contribution in [2.45, 2.75) is 52.9 Å². The third kappa shape index (κ3) is 4.65. The lowest BCUT2D eigenvalue weighted by molar-refractivity contribution is -0.125. The predicted octanol–water partition coefficient (Wildman–Crippen LogP) is 3.44. The quantitative estimate of drug-likeness (QED) is 0.648. The van der Waals surface area contributed by atoms with Crippen molar-refractivity contribution >= 4 is 5.78 Å². The number of ether oxygens (including phenoxy) is 1. The molecule has 0 saturated heterocycles. The minimum atomic E-state index is 0.309. The van der Waals surface area contributed by atoms with E-state index in [-0.39, 0.29) is 0 Å². The van der Waals surface area contributed by atoms with E-state index in [4.69, 9.17) is 4.74 Å². The molecular weight excluding hydrogens is 200 g/mol. The monoisotopic (exact) mass is 226 g/mol. The van der Waals surface area contributed by atoms with Gasteiger partial charge in [0, 0.05) is 18.9 Å². The van der Waals surface area contributed by atoms with Gasteiger partial charge in [0.05, 0.1) is 6.61 Å². The van der Waals surface area contributed by atoms with Crippen molar-refractivity contribution in [2.75, 3.05) is 13.2 Å². The summed E-state index contributed by atoms with van der Waals surface area (Å²) in [6.45, 7) is 8.02. The highest BCUT2D eigenvalue weighted by Crippen LogP contribution is 2.33. The summed E-state index contributed by atoms with van der Waals surface area (Å²) in [5.41, 5.74) is 0. The number of hydrogen-bond donors (Lipinski definition) is 0. The molecule has 94 valence electrons. The van der Waals surface area contributed by atoms with Crippen molar-refractivity contribution in [1.29, 1.82) is 0 Å². The molecule has 1 fully saturated rings. The Morgan fingerprint density at radius 2 is 1.75 bits per heavy atom. The van der Waals surface area contributed by atoms with Crippen LogP contribution >= 0.6 is 0 Å². The average Bonchev–Trinajstić information content (AvgIpc) is 2.22. The molecule has 0 aromatic rings. The van der Waals surface area contributed by atoms with Crippen LogP contribution in [0.3, 0.4) is 0 Å². The fourth-order valence-corrected chi connectivity index (χ4v) is 2.83. The summed E-state index contributed by atoms with van der Waals surface area (Å²) in [6.07, 6.45) is 5.12. The van der Waals surface area contributed by atoms with Crippen LogP contribution in [0.1, 0.15) is 52.9 Å². The second-order valence-electron chi connectivity index (χ2n) is 5.44. The molecule has 0 aromatic heterocycles. The largest absolute Gasteiger partial charge is 0.381 e. The lowest BCUT2D eigenvalue weighted by Gasteiger charge is -2.30. The van der Waals surface area contributed by atoms with Crippen molar-refractivity contribution in [1.82, 2.24) is 0 Å². The Balaban J connectivity index is 2.24. The molecule has 0 amide bonds. The summed E-state index contributed by atoms with van der Waals surface area (Å²) in [5.74, 6) is 2.17. The standard InChI is InChI=1S/C14H26O2/c1-4-6-16-7-5-14(15)13-9-11(2)8-12(3)10-13/h11-13H,4-10H2,1-3H3. The summed E-state index contributed by atoms with van der Waals surface area (Å²) in [5, 5.41) is 0. The number of hydrogen-bond acceptors (Lipinski definition) is 2. The van der Waals surface area contributed by atoms with Gasteiger partial charge in [0.1, 0.15) is 5.78 Å². The van der Waals surface area contributed by atoms with Crippen LogP contribution < -0.4 is 0 Å². The first-order valence-electron chi connectivity index (χ1n) is 6.74. The zero-order valence-corrected chi connectivity index (χ0v) is 11.0. The van der Waals surface area contributed by atoms with Crippen molar-refractivity contribution in [3.63, 3.8) is 0 Å². The van der Waals surface area contributed by atoms with Crippen molar-refractivity contribution < 1.29 is 9.53 Å². The van der Waals surface area contributed by atoms with Gasteiger partial charge in [-0.3, -0.25) is 4.79 Å². The van der Waals surface area contributed by atoms with Gasteiger partial charge in [0.2, 0.25) is 0 Å². The third-order valence-electron chi connectivity index (χ3n) is 3.48. The van der Waals surface area contributed by atoms with Crippen molar-refractivity contribution in [2.24, 2.45) is 17.8 Å².